The predicted molar refractivity (Wildman–Crippen MR) is 71.4 cm³/mol. The van der Waals surface area contributed by atoms with Gasteiger partial charge < -0.3 is 4.74 Å². The Morgan fingerprint density at radius 3 is 2.68 bits per heavy atom. The SMILES string of the molecule is O=S(=O)(Cl)c1cccnc1Oc1ccc(Br)cc1F. The second kappa shape index (κ2) is 5.44. The molecule has 1 aromatic heterocycles. The van der Waals surface area contributed by atoms with Crippen LogP contribution in [0.1, 0.15) is 0 Å². The molecule has 0 spiro atoms. The average molecular weight is 367 g/mol. The monoisotopic (exact) mass is 365 g/mol. The molecule has 8 heteroatoms. The van der Waals surface area contributed by atoms with E-state index in [0.717, 1.165) is 0 Å². The molecule has 19 heavy (non-hydrogen) atoms. The molecule has 0 amide bonds. The van der Waals surface area contributed by atoms with E-state index < -0.39 is 14.9 Å². The van der Waals surface area contributed by atoms with Gasteiger partial charge in [0.2, 0.25) is 5.88 Å². The molecule has 0 unspecified atom stereocenters. The number of benzene rings is 1. The van der Waals surface area contributed by atoms with Gasteiger partial charge in [-0.2, -0.15) is 0 Å². The molecule has 0 saturated heterocycles. The zero-order valence-corrected chi connectivity index (χ0v) is 12.3. The lowest BCUT2D eigenvalue weighted by Gasteiger charge is -2.08. The summed E-state index contributed by atoms with van der Waals surface area (Å²) in [6.07, 6.45) is 1.32. The fourth-order valence-corrected chi connectivity index (χ4v) is 2.53. The molecule has 0 N–H and O–H groups in total. The minimum absolute atomic E-state index is 0.150. The van der Waals surface area contributed by atoms with Crippen LogP contribution >= 0.6 is 26.6 Å². The summed E-state index contributed by atoms with van der Waals surface area (Å²) in [6.45, 7) is 0. The highest BCUT2D eigenvalue weighted by Gasteiger charge is 2.19. The van der Waals surface area contributed by atoms with Crippen molar-refractivity contribution in [2.24, 2.45) is 0 Å². The summed E-state index contributed by atoms with van der Waals surface area (Å²) < 4.78 is 41.9. The molecule has 1 heterocycles. The molecule has 0 radical (unpaired) electrons. The summed E-state index contributed by atoms with van der Waals surface area (Å²) in [4.78, 5) is 3.42. The number of hydrogen-bond acceptors (Lipinski definition) is 4. The number of hydrogen-bond donors (Lipinski definition) is 0. The normalized spacial score (nSPS) is 11.3. The predicted octanol–water partition coefficient (Wildman–Crippen LogP) is 3.70. The Labute approximate surface area is 121 Å². The summed E-state index contributed by atoms with van der Waals surface area (Å²) >= 11 is 3.10. The number of pyridine rings is 1. The van der Waals surface area contributed by atoms with E-state index in [1.807, 2.05) is 0 Å². The molecule has 4 nitrogen and oxygen atoms in total. The topological polar surface area (TPSA) is 56.3 Å². The van der Waals surface area contributed by atoms with Crippen molar-refractivity contribution in [3.8, 4) is 11.6 Å². The Morgan fingerprint density at radius 2 is 2.05 bits per heavy atom. The van der Waals surface area contributed by atoms with Gasteiger partial charge in [0.25, 0.3) is 9.05 Å². The van der Waals surface area contributed by atoms with E-state index in [9.17, 15) is 12.8 Å². The minimum Gasteiger partial charge on any atom is -0.435 e. The third kappa shape index (κ3) is 3.43. The van der Waals surface area contributed by atoms with Crippen LogP contribution in [0.15, 0.2) is 45.9 Å². The number of aromatic nitrogens is 1. The standard InChI is InChI=1S/C11H6BrClFNO3S/c12-7-3-4-9(8(14)6-7)18-11-10(19(13,16)17)2-1-5-15-11/h1-6H. The van der Waals surface area contributed by atoms with E-state index in [4.69, 9.17) is 15.4 Å². The molecular formula is C11H6BrClFNO3S. The first-order valence-electron chi connectivity index (χ1n) is 4.90. The molecule has 0 fully saturated rings. The molecule has 0 saturated carbocycles. The van der Waals surface area contributed by atoms with Crippen molar-refractivity contribution in [3.63, 3.8) is 0 Å². The highest BCUT2D eigenvalue weighted by atomic mass is 79.9. The molecule has 0 bridgehead atoms. The van der Waals surface area contributed by atoms with Crippen molar-refractivity contribution < 1.29 is 17.5 Å². The Kier molecular flexibility index (Phi) is 4.07. The maximum atomic E-state index is 13.6. The van der Waals surface area contributed by atoms with Gasteiger partial charge in [-0.25, -0.2) is 17.8 Å². The molecule has 0 aliphatic rings. The van der Waals surface area contributed by atoms with Gasteiger partial charge in [0.1, 0.15) is 4.90 Å². The molecule has 2 rings (SSSR count). The van der Waals surface area contributed by atoms with E-state index in [1.165, 1.54) is 30.5 Å². The fourth-order valence-electron chi connectivity index (χ4n) is 1.30. The summed E-state index contributed by atoms with van der Waals surface area (Å²) in [5.74, 6) is -1.08. The quantitative estimate of drug-likeness (QED) is 0.777. The summed E-state index contributed by atoms with van der Waals surface area (Å²) in [6, 6.07) is 6.70. The van der Waals surface area contributed by atoms with Crippen LogP contribution in [0.2, 0.25) is 0 Å². The molecule has 0 aliphatic carbocycles. The average Bonchev–Trinajstić information content (AvgIpc) is 2.32. The van der Waals surface area contributed by atoms with Crippen LogP contribution in [0, 0.1) is 5.82 Å². The Hall–Kier alpha value is -1.18. The lowest BCUT2D eigenvalue weighted by Crippen LogP contribution is -1.98. The van der Waals surface area contributed by atoms with E-state index >= 15 is 0 Å². The second-order valence-electron chi connectivity index (χ2n) is 3.42. The van der Waals surface area contributed by atoms with Crippen LogP contribution in [0.5, 0.6) is 11.6 Å². The van der Waals surface area contributed by atoms with Gasteiger partial charge in [-0.3, -0.25) is 0 Å². The molecule has 1 aromatic carbocycles. The van der Waals surface area contributed by atoms with Crippen LogP contribution in [0.25, 0.3) is 0 Å². The van der Waals surface area contributed by atoms with Crippen molar-refractivity contribution in [1.82, 2.24) is 4.98 Å². The van der Waals surface area contributed by atoms with E-state index in [1.54, 1.807) is 6.07 Å². The second-order valence-corrected chi connectivity index (χ2v) is 6.87. The fraction of sp³-hybridized carbons (Fsp3) is 0. The third-order valence-corrected chi connectivity index (χ3v) is 3.93. The third-order valence-electron chi connectivity index (χ3n) is 2.10. The highest BCUT2D eigenvalue weighted by Crippen LogP contribution is 2.30. The largest absolute Gasteiger partial charge is 0.435 e. The first-order valence-corrected chi connectivity index (χ1v) is 8.01. The van der Waals surface area contributed by atoms with Crippen molar-refractivity contribution in [2.45, 2.75) is 4.90 Å². The van der Waals surface area contributed by atoms with Crippen LogP contribution in [-0.4, -0.2) is 13.4 Å². The molecule has 2 aromatic rings. The molecule has 0 atom stereocenters. The lowest BCUT2D eigenvalue weighted by atomic mass is 10.3. The first kappa shape index (κ1) is 14.2. The summed E-state index contributed by atoms with van der Waals surface area (Å²) in [5, 5.41) is 0. The van der Waals surface area contributed by atoms with Gasteiger partial charge in [0.15, 0.2) is 11.6 Å². The Bertz CT molecular complexity index is 724. The van der Waals surface area contributed by atoms with Crippen molar-refractivity contribution >= 4 is 35.7 Å². The highest BCUT2D eigenvalue weighted by molar-refractivity contribution is 9.10. The van der Waals surface area contributed by atoms with Crippen molar-refractivity contribution in [1.29, 1.82) is 0 Å². The minimum atomic E-state index is -4.02. The van der Waals surface area contributed by atoms with Gasteiger partial charge in [-0.05, 0) is 30.3 Å². The summed E-state index contributed by atoms with van der Waals surface area (Å²) in [7, 11) is 1.22. The van der Waals surface area contributed by atoms with Gasteiger partial charge in [0, 0.05) is 21.4 Å². The summed E-state index contributed by atoms with van der Waals surface area (Å²) in [5.41, 5.74) is 0. The van der Waals surface area contributed by atoms with E-state index in [2.05, 4.69) is 20.9 Å². The van der Waals surface area contributed by atoms with E-state index in [0.29, 0.717) is 4.47 Å². The van der Waals surface area contributed by atoms with Crippen LogP contribution in [0.4, 0.5) is 4.39 Å². The van der Waals surface area contributed by atoms with Crippen molar-refractivity contribution in [3.05, 3.63) is 46.8 Å². The van der Waals surface area contributed by atoms with Gasteiger partial charge in [0.05, 0.1) is 0 Å². The number of ether oxygens (including phenoxy) is 1. The van der Waals surface area contributed by atoms with Crippen molar-refractivity contribution in [2.75, 3.05) is 0 Å². The maximum Gasteiger partial charge on any atom is 0.266 e. The van der Waals surface area contributed by atoms with Crippen LogP contribution < -0.4 is 4.74 Å². The van der Waals surface area contributed by atoms with Crippen LogP contribution in [-0.2, 0) is 9.05 Å². The Balaban J connectivity index is 2.44. The Morgan fingerprint density at radius 1 is 1.32 bits per heavy atom. The number of nitrogens with zero attached hydrogens (tertiary/aromatic N) is 1. The van der Waals surface area contributed by atoms with Gasteiger partial charge >= 0.3 is 0 Å². The molecule has 0 aliphatic heterocycles. The van der Waals surface area contributed by atoms with Gasteiger partial charge in [-0.1, -0.05) is 15.9 Å². The first-order chi connectivity index (χ1) is 8.88. The van der Waals surface area contributed by atoms with E-state index in [-0.39, 0.29) is 16.5 Å². The van der Waals surface area contributed by atoms with Crippen LogP contribution in [0.3, 0.4) is 0 Å². The number of rotatable bonds is 3. The lowest BCUT2D eigenvalue weighted by molar-refractivity contribution is 0.416. The zero-order chi connectivity index (χ0) is 14.0. The smallest absolute Gasteiger partial charge is 0.266 e. The molecular weight excluding hydrogens is 361 g/mol. The zero-order valence-electron chi connectivity index (χ0n) is 9.18. The van der Waals surface area contributed by atoms with Gasteiger partial charge in [-0.15, -0.1) is 0 Å². The molecule has 100 valence electrons. The number of halogens is 3. The maximum absolute atomic E-state index is 13.6.